The van der Waals surface area contributed by atoms with Crippen molar-refractivity contribution in [1.82, 2.24) is 14.5 Å². The summed E-state index contributed by atoms with van der Waals surface area (Å²) >= 11 is 0. The molecule has 0 aliphatic rings. The number of furan rings is 1. The minimum Gasteiger partial charge on any atom is -0.455 e. The van der Waals surface area contributed by atoms with Gasteiger partial charge in [-0.05, 0) is 48.0 Å². The van der Waals surface area contributed by atoms with Crippen LogP contribution < -0.4 is 0 Å². The minimum absolute atomic E-state index is 0.685. The first kappa shape index (κ1) is 28.3. The quantitative estimate of drug-likeness (QED) is 0.188. The van der Waals surface area contributed by atoms with Crippen LogP contribution in [-0.4, -0.2) is 14.5 Å². The van der Waals surface area contributed by atoms with E-state index < -0.39 is 0 Å². The number of fused-ring (bicyclic) bond motifs is 6. The molecule has 0 unspecified atom stereocenters. The Labute approximate surface area is 288 Å². The lowest BCUT2D eigenvalue weighted by atomic mass is 9.99. The second kappa shape index (κ2) is 11.4. The number of hydrogen-bond acceptors (Lipinski definition) is 3. The largest absolute Gasteiger partial charge is 0.455 e. The Balaban J connectivity index is 1.14. The van der Waals surface area contributed by atoms with Crippen molar-refractivity contribution in [2.45, 2.75) is 0 Å². The molecule has 0 aliphatic heterocycles. The van der Waals surface area contributed by atoms with Gasteiger partial charge in [-0.25, -0.2) is 9.97 Å². The van der Waals surface area contributed by atoms with Gasteiger partial charge in [0, 0.05) is 49.5 Å². The third-order valence-corrected chi connectivity index (χ3v) is 9.61. The summed E-state index contributed by atoms with van der Waals surface area (Å²) < 4.78 is 8.75. The minimum atomic E-state index is 0.685. The number of benzene rings is 7. The summed E-state index contributed by atoms with van der Waals surface area (Å²) in [7, 11) is 0. The van der Waals surface area contributed by atoms with Gasteiger partial charge in [0.1, 0.15) is 11.2 Å². The van der Waals surface area contributed by atoms with Gasteiger partial charge in [0.05, 0.1) is 22.4 Å². The van der Waals surface area contributed by atoms with E-state index in [0.29, 0.717) is 5.82 Å². The first-order valence-corrected chi connectivity index (χ1v) is 16.8. The average molecular weight is 640 g/mol. The van der Waals surface area contributed by atoms with E-state index in [1.54, 1.807) is 0 Å². The standard InChI is InChI=1S/C46H29N3O/c1-2-13-30(14-3-1)46-47-40(32-16-10-15-31(27-32)35-22-12-23-39-38-21-6-9-26-44(38)50-45(35)39)29-41(48-46)33-17-11-18-34(28-33)49-42-24-7-4-19-36(42)37-20-5-8-25-43(37)49/h1-29H. The van der Waals surface area contributed by atoms with Gasteiger partial charge < -0.3 is 8.98 Å². The second-order valence-electron chi connectivity index (χ2n) is 12.6. The van der Waals surface area contributed by atoms with E-state index in [1.165, 1.54) is 21.8 Å². The van der Waals surface area contributed by atoms with Crippen molar-refractivity contribution in [3.63, 3.8) is 0 Å². The molecule has 0 spiro atoms. The molecule has 50 heavy (non-hydrogen) atoms. The molecule has 3 aromatic heterocycles. The molecule has 10 aromatic rings. The molecule has 4 nitrogen and oxygen atoms in total. The molecule has 0 atom stereocenters. The Morgan fingerprint density at radius 3 is 1.72 bits per heavy atom. The predicted molar refractivity (Wildman–Crippen MR) is 205 cm³/mol. The fraction of sp³-hybridized carbons (Fsp3) is 0. The van der Waals surface area contributed by atoms with Crippen LogP contribution in [0.5, 0.6) is 0 Å². The van der Waals surface area contributed by atoms with Crippen molar-refractivity contribution in [3.05, 3.63) is 176 Å². The molecular weight excluding hydrogens is 611 g/mol. The Hall–Kier alpha value is -6.78. The van der Waals surface area contributed by atoms with Gasteiger partial charge in [0.2, 0.25) is 0 Å². The Morgan fingerprint density at radius 1 is 0.400 bits per heavy atom. The zero-order valence-corrected chi connectivity index (χ0v) is 27.0. The highest BCUT2D eigenvalue weighted by molar-refractivity contribution is 6.10. The van der Waals surface area contributed by atoms with Gasteiger partial charge in [-0.15, -0.1) is 0 Å². The summed E-state index contributed by atoms with van der Waals surface area (Å²) in [4.78, 5) is 10.3. The van der Waals surface area contributed by atoms with Gasteiger partial charge in [-0.3, -0.25) is 0 Å². The number of hydrogen-bond donors (Lipinski definition) is 0. The Bertz CT molecular complexity index is 2830. The SMILES string of the molecule is c1ccc(-c2nc(-c3cccc(-c4cccc5c4oc4ccccc45)c3)cc(-c3cccc(-n4c5ccccc5c5ccccc54)c3)n2)cc1. The van der Waals surface area contributed by atoms with Gasteiger partial charge in [0.15, 0.2) is 5.82 Å². The topological polar surface area (TPSA) is 43.9 Å². The third kappa shape index (κ3) is 4.61. The van der Waals surface area contributed by atoms with Gasteiger partial charge in [-0.1, -0.05) is 133 Å². The van der Waals surface area contributed by atoms with E-state index in [4.69, 9.17) is 14.4 Å². The maximum Gasteiger partial charge on any atom is 0.160 e. The molecule has 234 valence electrons. The molecule has 0 saturated carbocycles. The number of aromatic nitrogens is 3. The average Bonchev–Trinajstić information content (AvgIpc) is 3.74. The van der Waals surface area contributed by atoms with E-state index in [-0.39, 0.29) is 0 Å². The normalized spacial score (nSPS) is 11.6. The molecule has 4 heteroatoms. The van der Waals surface area contributed by atoms with Crippen molar-refractivity contribution < 1.29 is 4.42 Å². The highest BCUT2D eigenvalue weighted by Gasteiger charge is 2.16. The molecule has 0 saturated heterocycles. The Morgan fingerprint density at radius 2 is 0.960 bits per heavy atom. The third-order valence-electron chi connectivity index (χ3n) is 9.61. The van der Waals surface area contributed by atoms with E-state index in [2.05, 4.69) is 150 Å². The molecule has 0 fully saturated rings. The summed E-state index contributed by atoms with van der Waals surface area (Å²) in [6.07, 6.45) is 0. The molecule has 0 N–H and O–H groups in total. The van der Waals surface area contributed by atoms with Crippen LogP contribution in [0.25, 0.3) is 94.5 Å². The van der Waals surface area contributed by atoms with Crippen molar-refractivity contribution in [1.29, 1.82) is 0 Å². The summed E-state index contributed by atoms with van der Waals surface area (Å²) in [5.41, 5.74) is 12.1. The first-order valence-electron chi connectivity index (χ1n) is 16.8. The van der Waals surface area contributed by atoms with Crippen LogP contribution >= 0.6 is 0 Å². The lowest BCUT2D eigenvalue weighted by Crippen LogP contribution is -1.98. The zero-order valence-electron chi connectivity index (χ0n) is 27.0. The fourth-order valence-corrected chi connectivity index (χ4v) is 7.28. The summed E-state index contributed by atoms with van der Waals surface area (Å²) in [6.45, 7) is 0. The van der Waals surface area contributed by atoms with Crippen LogP contribution in [0, 0.1) is 0 Å². The van der Waals surface area contributed by atoms with Crippen LogP contribution in [0.4, 0.5) is 0 Å². The summed E-state index contributed by atoms with van der Waals surface area (Å²) in [5, 5.41) is 4.71. The molecule has 0 amide bonds. The van der Waals surface area contributed by atoms with Gasteiger partial charge in [-0.2, -0.15) is 0 Å². The fourth-order valence-electron chi connectivity index (χ4n) is 7.28. The number of rotatable bonds is 5. The van der Waals surface area contributed by atoms with Gasteiger partial charge >= 0.3 is 0 Å². The van der Waals surface area contributed by atoms with Crippen LogP contribution in [0.3, 0.4) is 0 Å². The van der Waals surface area contributed by atoms with Crippen molar-refractivity contribution in [3.8, 4) is 50.7 Å². The lowest BCUT2D eigenvalue weighted by molar-refractivity contribution is 0.670. The molecule has 3 heterocycles. The molecule has 10 rings (SSSR count). The maximum absolute atomic E-state index is 6.41. The predicted octanol–water partition coefficient (Wildman–Crippen LogP) is 12.1. The van der Waals surface area contributed by atoms with E-state index >= 15 is 0 Å². The van der Waals surface area contributed by atoms with Crippen LogP contribution in [0.2, 0.25) is 0 Å². The van der Waals surface area contributed by atoms with E-state index in [9.17, 15) is 0 Å². The lowest BCUT2D eigenvalue weighted by Gasteiger charge is -2.13. The Kier molecular flexibility index (Phi) is 6.46. The van der Waals surface area contributed by atoms with Crippen LogP contribution in [0.1, 0.15) is 0 Å². The van der Waals surface area contributed by atoms with E-state index in [0.717, 1.165) is 66.8 Å². The monoisotopic (exact) mass is 639 g/mol. The van der Waals surface area contributed by atoms with Gasteiger partial charge in [0.25, 0.3) is 0 Å². The van der Waals surface area contributed by atoms with Crippen molar-refractivity contribution in [2.75, 3.05) is 0 Å². The molecular formula is C46H29N3O. The molecule has 0 aliphatic carbocycles. The summed E-state index contributed by atoms with van der Waals surface area (Å²) in [6, 6.07) is 61.3. The smallest absolute Gasteiger partial charge is 0.160 e. The molecule has 0 radical (unpaired) electrons. The van der Waals surface area contributed by atoms with E-state index in [1.807, 2.05) is 30.3 Å². The van der Waals surface area contributed by atoms with Crippen molar-refractivity contribution >= 4 is 43.7 Å². The number of nitrogens with zero attached hydrogens (tertiary/aromatic N) is 3. The zero-order chi connectivity index (χ0) is 33.0. The number of para-hydroxylation sites is 4. The van der Waals surface area contributed by atoms with Crippen LogP contribution in [-0.2, 0) is 0 Å². The highest BCUT2D eigenvalue weighted by Crippen LogP contribution is 2.38. The van der Waals surface area contributed by atoms with Crippen molar-refractivity contribution in [2.24, 2.45) is 0 Å². The molecule has 7 aromatic carbocycles. The molecule has 0 bridgehead atoms. The van der Waals surface area contributed by atoms with Crippen LogP contribution in [0.15, 0.2) is 180 Å². The first-order chi connectivity index (χ1) is 24.8. The second-order valence-corrected chi connectivity index (χ2v) is 12.6. The summed E-state index contributed by atoms with van der Waals surface area (Å²) in [5.74, 6) is 0.685. The highest BCUT2D eigenvalue weighted by atomic mass is 16.3. The maximum atomic E-state index is 6.41.